The number of carbonyl (C=O) groups excluding carboxylic acids is 2. The summed E-state index contributed by atoms with van der Waals surface area (Å²) in [6.45, 7) is 11.8. The molecule has 11 rings (SSSR count). The minimum absolute atomic E-state index is 0.00804. The summed E-state index contributed by atoms with van der Waals surface area (Å²) < 4.78 is 40.0. The summed E-state index contributed by atoms with van der Waals surface area (Å²) in [7, 11) is 0. The smallest absolute Gasteiger partial charge is 0.254 e. The van der Waals surface area contributed by atoms with Gasteiger partial charge in [0.05, 0.1) is 51.8 Å². The molecule has 0 radical (unpaired) electrons. The number of pyridine rings is 1. The molecule has 412 valence electrons. The van der Waals surface area contributed by atoms with Crippen molar-refractivity contribution in [2.75, 3.05) is 61.4 Å². The highest BCUT2D eigenvalue weighted by Gasteiger charge is 2.45. The summed E-state index contributed by atoms with van der Waals surface area (Å²) in [4.78, 5) is 46.1. The Bertz CT molecular complexity index is 3080. The molecule has 1 aliphatic carbocycles. The Morgan fingerprint density at radius 1 is 0.897 bits per heavy atom. The number of aromatic hydroxyl groups is 1. The van der Waals surface area contributed by atoms with E-state index in [0.29, 0.717) is 53.0 Å². The summed E-state index contributed by atoms with van der Waals surface area (Å²) in [5, 5.41) is 36.8. The van der Waals surface area contributed by atoms with Gasteiger partial charge in [0.2, 0.25) is 17.7 Å². The maximum absolute atomic E-state index is 15.3. The number of thiazole rings is 1. The van der Waals surface area contributed by atoms with Gasteiger partial charge in [-0.05, 0) is 86.5 Å². The lowest BCUT2D eigenvalue weighted by Crippen LogP contribution is -2.54. The van der Waals surface area contributed by atoms with Crippen LogP contribution in [0.1, 0.15) is 94.7 Å². The number of anilines is 3. The number of aryl methyl sites for hydroxylation is 1. The molecule has 1 saturated carbocycles. The number of hydrogen-bond donors (Lipinski definition) is 4. The number of aromatic nitrogens is 5. The second kappa shape index (κ2) is 22.8. The average molecular weight is 1090 g/mol. The first-order chi connectivity index (χ1) is 37.7. The number of halogens is 1. The highest BCUT2D eigenvalue weighted by atomic mass is 32.1. The molecule has 19 nitrogen and oxygen atoms in total. The predicted molar refractivity (Wildman–Crippen MR) is 292 cm³/mol. The number of rotatable bonds is 18. The predicted octanol–water partition coefficient (Wildman–Crippen LogP) is 7.29. The summed E-state index contributed by atoms with van der Waals surface area (Å²) in [6.07, 6.45) is 6.98. The molecule has 8 heterocycles. The number of phenolic OH excluding ortho intramolecular Hbond substituents is 1. The van der Waals surface area contributed by atoms with Gasteiger partial charge in [-0.1, -0.05) is 38.1 Å². The first-order valence-corrected chi connectivity index (χ1v) is 28.1. The van der Waals surface area contributed by atoms with Crippen molar-refractivity contribution in [1.82, 2.24) is 40.4 Å². The zero-order chi connectivity index (χ0) is 54.2. The number of hydrogen-bond acceptors (Lipinski definition) is 18. The molecule has 2 amide bonds. The van der Waals surface area contributed by atoms with Crippen molar-refractivity contribution in [1.29, 1.82) is 0 Å². The zero-order valence-corrected chi connectivity index (χ0v) is 45.2. The summed E-state index contributed by atoms with van der Waals surface area (Å²) >= 11 is 1.37. The molecule has 78 heavy (non-hydrogen) atoms. The van der Waals surface area contributed by atoms with Crippen LogP contribution in [0, 0.1) is 18.7 Å². The van der Waals surface area contributed by atoms with E-state index in [0.717, 1.165) is 86.6 Å². The molecule has 5 aliphatic rings. The van der Waals surface area contributed by atoms with E-state index in [1.54, 1.807) is 42.8 Å². The largest absolute Gasteiger partial charge is 0.507 e. The summed E-state index contributed by atoms with van der Waals surface area (Å²) in [5.74, 6) is -0.438. The van der Waals surface area contributed by atoms with Gasteiger partial charge in [0.1, 0.15) is 36.2 Å². The molecule has 21 heteroatoms. The van der Waals surface area contributed by atoms with Gasteiger partial charge < -0.3 is 54.7 Å². The van der Waals surface area contributed by atoms with Gasteiger partial charge in [-0.25, -0.2) is 14.4 Å². The third kappa shape index (κ3) is 11.3. The number of ether oxygens (including phenoxy) is 3. The van der Waals surface area contributed by atoms with Crippen LogP contribution in [-0.4, -0.2) is 146 Å². The maximum atomic E-state index is 15.3. The van der Waals surface area contributed by atoms with Crippen LogP contribution in [0.15, 0.2) is 83.0 Å². The quantitative estimate of drug-likeness (QED) is 0.0662. The van der Waals surface area contributed by atoms with E-state index < -0.39 is 35.8 Å². The molecule has 4 aliphatic heterocycles. The molecule has 4 saturated heterocycles. The Morgan fingerprint density at radius 3 is 2.41 bits per heavy atom. The topological polar surface area (TPSA) is 231 Å². The number of fused-ring (bicyclic) bond motifs is 2. The minimum atomic E-state index is -0.927. The number of amides is 2. The van der Waals surface area contributed by atoms with Crippen LogP contribution in [0.5, 0.6) is 17.5 Å². The number of piperazine rings is 1. The number of β-amino-alcohol motifs (C(OH)–C–C–N with tert-alkyl or cyclic N) is 1. The Balaban J connectivity index is 0.603. The second-order valence-electron chi connectivity index (χ2n) is 21.8. The summed E-state index contributed by atoms with van der Waals surface area (Å²) in [5.41, 5.74) is 13.0. The first-order valence-electron chi connectivity index (χ1n) is 27.3. The Labute approximate surface area is 456 Å². The molecule has 5 N–H and O–H groups in total. The molecule has 6 aromatic rings. The fraction of sp³-hybridized carbons (Fsp3) is 0.491. The highest BCUT2D eigenvalue weighted by molar-refractivity contribution is 7.13. The minimum Gasteiger partial charge on any atom is -0.507 e. The van der Waals surface area contributed by atoms with Crippen molar-refractivity contribution in [3.05, 3.63) is 101 Å². The molecular weight excluding hydrogens is 1020 g/mol. The standard InChI is InChI=1S/C57H68FN11O8S/c1-32(2)53(57(73)68-30-39(70)23-48(68)56(72)62-33(3)35-9-12-43(45(58)21-35)54-34(4)61-31-78-54)50-27-52(65-77-50)74-20-19-66-17-14-40(15-18-66)75-41-24-42(25-41)76-51-22-36(13-16-60-51)69-37-10-11-38(69)29-67(28-37)47-26-46(63-64-55(47)59)44-7-5-6-8-49(44)71/h5-9,12-13,16,21-22,26-27,31-33,37-42,48,53,70-71H,10-11,14-15,17-20,23-25,28-30H2,1-4H3,(H2,59,64)(H,62,72)/t33-,37+,38?,39+,41?,42?,48-,53-/m0/s1. The molecule has 5 fully saturated rings. The first kappa shape index (κ1) is 53.1. The number of carbonyl (C=O) groups is 2. The molecular formula is C57H68FN11O8S. The van der Waals surface area contributed by atoms with Crippen LogP contribution in [0.3, 0.4) is 0 Å². The van der Waals surface area contributed by atoms with E-state index in [-0.39, 0.29) is 66.8 Å². The number of nitrogens with zero attached hydrogens (tertiary/aromatic N) is 9. The van der Waals surface area contributed by atoms with Crippen LogP contribution >= 0.6 is 11.3 Å². The van der Waals surface area contributed by atoms with Crippen molar-refractivity contribution in [3.8, 4) is 39.2 Å². The van der Waals surface area contributed by atoms with E-state index in [9.17, 15) is 19.8 Å². The normalized spacial score (nSPS) is 23.3. The number of nitrogen functional groups attached to an aromatic ring is 1. The maximum Gasteiger partial charge on any atom is 0.254 e. The fourth-order valence-electron chi connectivity index (χ4n) is 12.0. The Morgan fingerprint density at radius 2 is 1.68 bits per heavy atom. The van der Waals surface area contributed by atoms with Crippen molar-refractivity contribution >= 4 is 40.3 Å². The molecule has 6 atom stereocenters. The lowest BCUT2D eigenvalue weighted by molar-refractivity contribution is -0.141. The molecule has 2 aromatic carbocycles. The number of aliphatic hydroxyl groups is 1. The van der Waals surface area contributed by atoms with E-state index in [1.807, 2.05) is 45.2 Å². The number of aliphatic hydroxyl groups excluding tert-OH is 1. The van der Waals surface area contributed by atoms with Gasteiger partial charge in [-0.15, -0.1) is 21.5 Å². The molecule has 2 bridgehead atoms. The van der Waals surface area contributed by atoms with E-state index in [4.69, 9.17) is 24.5 Å². The van der Waals surface area contributed by atoms with Gasteiger partial charge in [-0.3, -0.25) is 14.5 Å². The molecule has 4 aromatic heterocycles. The lowest BCUT2D eigenvalue weighted by Gasteiger charge is -2.43. The monoisotopic (exact) mass is 1090 g/mol. The SMILES string of the molecule is Cc1ncsc1-c1ccc([C@H](C)NC(=O)[C@@H]2C[C@@H](O)CN2C(=O)[C@H](c2cc(OCCN3CCC(OC4CC(Oc5cc(N6C7CC[C@@H]6CN(c6cc(-c8ccccc8O)nnc6N)C7)ccn5)C4)CC3)no2)C(C)C)cc1F. The van der Waals surface area contributed by atoms with Gasteiger partial charge in [0.15, 0.2) is 11.6 Å². The second-order valence-corrected chi connectivity index (χ2v) is 22.7. The fourth-order valence-corrected chi connectivity index (χ4v) is 12.8. The van der Waals surface area contributed by atoms with Crippen molar-refractivity contribution in [2.45, 2.75) is 127 Å². The Kier molecular flexibility index (Phi) is 15.5. The average Bonchev–Trinajstić information content (AvgIpc) is 4.35. The van der Waals surface area contributed by atoms with Crippen LogP contribution in [-0.2, 0) is 14.3 Å². The van der Waals surface area contributed by atoms with Crippen LogP contribution in [0.4, 0.5) is 21.6 Å². The summed E-state index contributed by atoms with van der Waals surface area (Å²) in [6, 6.07) is 18.8. The third-order valence-electron chi connectivity index (χ3n) is 16.2. The number of likely N-dealkylation sites (tertiary alicyclic amines) is 2. The number of phenols is 1. The van der Waals surface area contributed by atoms with Crippen LogP contribution in [0.25, 0.3) is 21.7 Å². The van der Waals surface area contributed by atoms with Gasteiger partial charge in [0, 0.05) is 106 Å². The van der Waals surface area contributed by atoms with Gasteiger partial charge in [-0.2, -0.15) is 0 Å². The van der Waals surface area contributed by atoms with Crippen molar-refractivity contribution < 1.29 is 42.9 Å². The highest BCUT2D eigenvalue weighted by Crippen LogP contribution is 2.41. The van der Waals surface area contributed by atoms with E-state index >= 15 is 4.39 Å². The number of nitrogens with two attached hydrogens (primary N) is 1. The van der Waals surface area contributed by atoms with E-state index in [2.05, 4.69) is 57.5 Å². The van der Waals surface area contributed by atoms with Gasteiger partial charge in [0.25, 0.3) is 5.88 Å². The third-order valence-corrected chi connectivity index (χ3v) is 17.2. The molecule has 0 spiro atoms. The Hall–Kier alpha value is -6.94. The number of piperidine rings is 1. The van der Waals surface area contributed by atoms with E-state index in [1.165, 1.54) is 22.3 Å². The number of benzene rings is 2. The van der Waals surface area contributed by atoms with Crippen LogP contribution < -0.4 is 30.3 Å². The molecule has 1 unspecified atom stereocenters. The van der Waals surface area contributed by atoms with Crippen molar-refractivity contribution in [2.24, 2.45) is 5.92 Å². The van der Waals surface area contributed by atoms with Crippen LogP contribution in [0.2, 0.25) is 0 Å². The number of para-hydroxylation sites is 1. The number of nitrogens with one attached hydrogen (secondary N) is 1. The van der Waals surface area contributed by atoms with Crippen molar-refractivity contribution in [3.63, 3.8) is 0 Å². The lowest BCUT2D eigenvalue weighted by atomic mass is 9.91. The van der Waals surface area contributed by atoms with Gasteiger partial charge >= 0.3 is 0 Å². The zero-order valence-electron chi connectivity index (χ0n) is 44.4.